The largest absolute Gasteiger partial charge is 0.349 e. The van der Waals surface area contributed by atoms with Crippen LogP contribution in [-0.4, -0.2) is 75.6 Å². The molecule has 2 aliphatic carbocycles. The molecule has 0 unspecified atom stereocenters. The molecule has 1 saturated heterocycles. The summed E-state index contributed by atoms with van der Waals surface area (Å²) in [5, 5.41) is 8.92. The molecule has 9 heteroatoms. The Balaban J connectivity index is 1.26. The topological polar surface area (TPSA) is 83.4 Å². The Hall–Kier alpha value is -2.45. The molecular formula is C32H47ClN6O2. The summed E-state index contributed by atoms with van der Waals surface area (Å²) in [4.78, 5) is 34.7. The number of carbonyl (C=O) groups is 2. The summed E-state index contributed by atoms with van der Waals surface area (Å²) in [6, 6.07) is 7.81. The molecule has 2 saturated carbocycles. The molecule has 1 N–H and O–H groups in total. The standard InChI is InChI=1S/C32H47ClN6O2/c1-37(2)30(40)25-10-14-28(15-11-25)36-29(20-24-8-12-27(33)13-9-24)31(41)38-18-16-32(17-19-38,21-39-23-34-22-35-39)26-6-4-3-5-7-26/h8-9,12-13,22-23,25-26,28-29,36H,3-7,10-11,14-21H2,1-2H3/t25-,28-,29-/m1/s1. The van der Waals surface area contributed by atoms with Gasteiger partial charge in [-0.25, -0.2) is 4.98 Å². The summed E-state index contributed by atoms with van der Waals surface area (Å²) in [7, 11) is 3.67. The Morgan fingerprint density at radius 2 is 1.71 bits per heavy atom. The van der Waals surface area contributed by atoms with Gasteiger partial charge in [0.05, 0.1) is 6.04 Å². The molecule has 2 heterocycles. The van der Waals surface area contributed by atoms with Gasteiger partial charge < -0.3 is 15.1 Å². The maximum absolute atomic E-state index is 14.2. The number of benzene rings is 1. The van der Waals surface area contributed by atoms with E-state index in [1.54, 1.807) is 11.2 Å². The second kappa shape index (κ2) is 13.7. The summed E-state index contributed by atoms with van der Waals surface area (Å²) >= 11 is 6.16. The van der Waals surface area contributed by atoms with Crippen LogP contribution < -0.4 is 5.32 Å². The number of nitrogens with one attached hydrogen (secondary N) is 1. The minimum absolute atomic E-state index is 0.0912. The third kappa shape index (κ3) is 7.50. The highest BCUT2D eigenvalue weighted by Crippen LogP contribution is 2.47. The molecule has 2 amide bonds. The van der Waals surface area contributed by atoms with Crippen LogP contribution in [0.2, 0.25) is 5.02 Å². The van der Waals surface area contributed by atoms with Gasteiger partial charge in [0.15, 0.2) is 0 Å². The molecule has 5 rings (SSSR count). The summed E-state index contributed by atoms with van der Waals surface area (Å²) in [6.45, 7) is 2.46. The van der Waals surface area contributed by atoms with Crippen molar-refractivity contribution in [3.63, 3.8) is 0 Å². The maximum atomic E-state index is 14.2. The van der Waals surface area contributed by atoms with Gasteiger partial charge in [0.1, 0.15) is 12.7 Å². The molecule has 41 heavy (non-hydrogen) atoms. The first kappa shape index (κ1) is 30.0. The molecule has 1 atom stereocenters. The Bertz CT molecular complexity index is 1120. The maximum Gasteiger partial charge on any atom is 0.240 e. The number of piperidine rings is 1. The van der Waals surface area contributed by atoms with Crippen LogP contribution in [0, 0.1) is 17.3 Å². The lowest BCUT2D eigenvalue weighted by atomic mass is 9.63. The summed E-state index contributed by atoms with van der Waals surface area (Å²) in [6.07, 6.45) is 16.2. The number of rotatable bonds is 9. The van der Waals surface area contributed by atoms with E-state index in [-0.39, 0.29) is 35.2 Å². The van der Waals surface area contributed by atoms with Crippen molar-refractivity contribution in [3.05, 3.63) is 47.5 Å². The molecule has 2 aromatic rings. The monoisotopic (exact) mass is 582 g/mol. The quantitative estimate of drug-likeness (QED) is 0.451. The van der Waals surface area contributed by atoms with E-state index in [2.05, 4.69) is 20.3 Å². The van der Waals surface area contributed by atoms with Crippen molar-refractivity contribution in [1.29, 1.82) is 0 Å². The number of hydrogen-bond donors (Lipinski definition) is 1. The summed E-state index contributed by atoms with van der Waals surface area (Å²) in [5.41, 5.74) is 1.28. The molecule has 3 aliphatic rings. The Morgan fingerprint density at radius 3 is 2.32 bits per heavy atom. The van der Waals surface area contributed by atoms with Crippen LogP contribution in [0.5, 0.6) is 0 Å². The van der Waals surface area contributed by atoms with Crippen LogP contribution in [0.15, 0.2) is 36.9 Å². The second-order valence-corrected chi connectivity index (χ2v) is 13.4. The van der Waals surface area contributed by atoms with Crippen LogP contribution >= 0.6 is 11.6 Å². The number of likely N-dealkylation sites (tertiary alicyclic amines) is 1. The number of halogens is 1. The zero-order chi connectivity index (χ0) is 28.8. The van der Waals surface area contributed by atoms with Crippen molar-refractivity contribution in [3.8, 4) is 0 Å². The fourth-order valence-electron chi connectivity index (χ4n) is 7.67. The number of aromatic nitrogens is 3. The minimum atomic E-state index is -0.292. The van der Waals surface area contributed by atoms with Crippen LogP contribution in [0.25, 0.3) is 0 Å². The van der Waals surface area contributed by atoms with Gasteiger partial charge in [-0.05, 0) is 86.8 Å². The first-order valence-corrected chi connectivity index (χ1v) is 16.0. The van der Waals surface area contributed by atoms with E-state index < -0.39 is 0 Å². The first-order valence-electron chi connectivity index (χ1n) is 15.7. The highest BCUT2D eigenvalue weighted by molar-refractivity contribution is 6.30. The van der Waals surface area contributed by atoms with Crippen molar-refractivity contribution in [2.24, 2.45) is 17.3 Å². The molecule has 0 radical (unpaired) electrons. The van der Waals surface area contributed by atoms with E-state index >= 15 is 0 Å². The van der Waals surface area contributed by atoms with Gasteiger partial charge in [0, 0.05) is 50.7 Å². The molecule has 0 spiro atoms. The van der Waals surface area contributed by atoms with E-state index in [9.17, 15) is 9.59 Å². The van der Waals surface area contributed by atoms with E-state index in [0.29, 0.717) is 17.4 Å². The first-order chi connectivity index (χ1) is 19.8. The summed E-state index contributed by atoms with van der Waals surface area (Å²) < 4.78 is 2.01. The van der Waals surface area contributed by atoms with Crippen LogP contribution in [0.1, 0.15) is 76.2 Å². The van der Waals surface area contributed by atoms with Crippen molar-refractivity contribution < 1.29 is 9.59 Å². The van der Waals surface area contributed by atoms with Gasteiger partial charge in [-0.15, -0.1) is 0 Å². The van der Waals surface area contributed by atoms with E-state index in [4.69, 9.17) is 11.6 Å². The minimum Gasteiger partial charge on any atom is -0.349 e. The highest BCUT2D eigenvalue weighted by atomic mass is 35.5. The zero-order valence-electron chi connectivity index (χ0n) is 24.8. The third-order valence-corrected chi connectivity index (χ3v) is 10.3. The zero-order valence-corrected chi connectivity index (χ0v) is 25.6. The third-order valence-electron chi connectivity index (χ3n) is 10.1. The van der Waals surface area contributed by atoms with E-state index in [0.717, 1.165) is 63.7 Å². The van der Waals surface area contributed by atoms with Crippen LogP contribution in [-0.2, 0) is 22.6 Å². The predicted octanol–water partition coefficient (Wildman–Crippen LogP) is 4.97. The second-order valence-electron chi connectivity index (χ2n) is 12.9. The molecule has 0 bridgehead atoms. The normalized spacial score (nSPS) is 24.1. The molecule has 8 nitrogen and oxygen atoms in total. The number of hydrogen-bond acceptors (Lipinski definition) is 5. The lowest BCUT2D eigenvalue weighted by Gasteiger charge is -2.48. The molecule has 224 valence electrons. The molecule has 3 fully saturated rings. The average molecular weight is 583 g/mol. The Morgan fingerprint density at radius 1 is 1.02 bits per heavy atom. The Kier molecular flexibility index (Phi) is 10.0. The predicted molar refractivity (Wildman–Crippen MR) is 161 cm³/mol. The van der Waals surface area contributed by atoms with E-state index in [1.807, 2.05) is 49.4 Å². The number of nitrogens with zero attached hydrogens (tertiary/aromatic N) is 5. The van der Waals surface area contributed by atoms with Gasteiger partial charge in [-0.2, -0.15) is 5.10 Å². The van der Waals surface area contributed by atoms with Gasteiger partial charge in [0.25, 0.3) is 0 Å². The number of amides is 2. The fourth-order valence-corrected chi connectivity index (χ4v) is 7.80. The lowest BCUT2D eigenvalue weighted by Crippen LogP contribution is -2.55. The van der Waals surface area contributed by atoms with Crippen LogP contribution in [0.3, 0.4) is 0 Å². The van der Waals surface area contributed by atoms with Gasteiger partial charge in [0.2, 0.25) is 11.8 Å². The average Bonchev–Trinajstić information content (AvgIpc) is 3.51. The fraction of sp³-hybridized carbons (Fsp3) is 0.688. The van der Waals surface area contributed by atoms with Crippen molar-refractivity contribution in [2.75, 3.05) is 27.2 Å². The van der Waals surface area contributed by atoms with Crippen molar-refractivity contribution in [2.45, 2.75) is 95.7 Å². The SMILES string of the molecule is CN(C)C(=O)[C@H]1CC[C@H](N[C@H](Cc2ccc(Cl)cc2)C(=O)N2CCC(Cn3cncn3)(C3CCCCC3)CC2)CC1. The lowest BCUT2D eigenvalue weighted by molar-refractivity contribution is -0.138. The number of carbonyl (C=O) groups excluding carboxylic acids is 2. The molecule has 1 aromatic heterocycles. The smallest absolute Gasteiger partial charge is 0.240 e. The molecule has 1 aromatic carbocycles. The van der Waals surface area contributed by atoms with Gasteiger partial charge in [-0.1, -0.05) is 43.0 Å². The van der Waals surface area contributed by atoms with Crippen molar-refractivity contribution >= 4 is 23.4 Å². The van der Waals surface area contributed by atoms with Gasteiger partial charge in [-0.3, -0.25) is 14.3 Å². The van der Waals surface area contributed by atoms with Gasteiger partial charge >= 0.3 is 0 Å². The molecule has 1 aliphatic heterocycles. The Labute approximate surface area is 250 Å². The van der Waals surface area contributed by atoms with Crippen molar-refractivity contribution in [1.82, 2.24) is 29.9 Å². The highest BCUT2D eigenvalue weighted by Gasteiger charge is 2.44. The summed E-state index contributed by atoms with van der Waals surface area (Å²) in [5.74, 6) is 1.19. The molecular weight excluding hydrogens is 536 g/mol. The van der Waals surface area contributed by atoms with Crippen LogP contribution in [0.4, 0.5) is 0 Å². The van der Waals surface area contributed by atoms with E-state index in [1.165, 1.54) is 32.1 Å².